The molecule has 6 heteroatoms. The second-order valence-corrected chi connectivity index (χ2v) is 7.52. The van der Waals surface area contributed by atoms with Crippen LogP contribution in [0.1, 0.15) is 34.3 Å². The average molecular weight is 378 g/mol. The van der Waals surface area contributed by atoms with Gasteiger partial charge in [0.05, 0.1) is 0 Å². The van der Waals surface area contributed by atoms with Gasteiger partial charge in [-0.25, -0.2) is 0 Å². The third-order valence-corrected chi connectivity index (χ3v) is 5.67. The molecular formula is C22H26N4O2. The summed E-state index contributed by atoms with van der Waals surface area (Å²) in [6, 6.07) is 9.74. The fourth-order valence-electron chi connectivity index (χ4n) is 4.11. The van der Waals surface area contributed by atoms with Gasteiger partial charge in [-0.1, -0.05) is 18.2 Å². The average Bonchev–Trinajstić information content (AvgIpc) is 2.88. The predicted molar refractivity (Wildman–Crippen MR) is 108 cm³/mol. The third kappa shape index (κ3) is 3.72. The van der Waals surface area contributed by atoms with Crippen LogP contribution in [0.25, 0.3) is 0 Å². The molecular weight excluding hydrogens is 352 g/mol. The normalized spacial score (nSPS) is 16.9. The van der Waals surface area contributed by atoms with E-state index in [-0.39, 0.29) is 11.8 Å². The van der Waals surface area contributed by atoms with Gasteiger partial charge in [0, 0.05) is 69.3 Å². The van der Waals surface area contributed by atoms with E-state index in [0.717, 1.165) is 49.3 Å². The highest BCUT2D eigenvalue weighted by molar-refractivity contribution is 5.98. The van der Waals surface area contributed by atoms with Gasteiger partial charge in [0.2, 0.25) is 5.91 Å². The van der Waals surface area contributed by atoms with Gasteiger partial charge in [0.15, 0.2) is 0 Å². The molecule has 4 rings (SSSR count). The number of aryl methyl sites for hydroxylation is 1. The number of hydrogen-bond acceptors (Lipinski definition) is 4. The van der Waals surface area contributed by atoms with Crippen LogP contribution < -0.4 is 4.90 Å². The van der Waals surface area contributed by atoms with Gasteiger partial charge >= 0.3 is 0 Å². The van der Waals surface area contributed by atoms with Gasteiger partial charge in [-0.05, 0) is 36.6 Å². The molecule has 0 saturated carbocycles. The van der Waals surface area contributed by atoms with E-state index in [2.05, 4.69) is 16.8 Å². The van der Waals surface area contributed by atoms with Gasteiger partial charge in [-0.15, -0.1) is 0 Å². The predicted octanol–water partition coefficient (Wildman–Crippen LogP) is 2.47. The fourth-order valence-corrected chi connectivity index (χ4v) is 4.11. The van der Waals surface area contributed by atoms with Gasteiger partial charge in [0.1, 0.15) is 0 Å². The van der Waals surface area contributed by atoms with Crippen molar-refractivity contribution in [1.29, 1.82) is 0 Å². The lowest BCUT2D eigenvalue weighted by atomic mass is 10.1. The summed E-state index contributed by atoms with van der Waals surface area (Å²) in [5, 5.41) is 0. The van der Waals surface area contributed by atoms with Crippen LogP contribution >= 0.6 is 0 Å². The number of hydrogen-bond donors (Lipinski definition) is 0. The fraction of sp³-hybridized carbons (Fsp3) is 0.409. The van der Waals surface area contributed by atoms with E-state index in [1.165, 1.54) is 5.69 Å². The summed E-state index contributed by atoms with van der Waals surface area (Å²) in [5.74, 6) is 0.177. The summed E-state index contributed by atoms with van der Waals surface area (Å²) in [4.78, 5) is 35.5. The Balaban J connectivity index is 1.31. The second kappa shape index (κ2) is 8.00. The molecule has 1 saturated heterocycles. The number of carbonyl (C=O) groups is 2. The number of carbonyl (C=O) groups excluding carboxylic acids is 2. The van der Waals surface area contributed by atoms with E-state index >= 15 is 0 Å². The van der Waals surface area contributed by atoms with Crippen molar-refractivity contribution in [2.45, 2.75) is 26.3 Å². The number of pyridine rings is 1. The smallest absolute Gasteiger partial charge is 0.254 e. The molecule has 2 aromatic rings. The minimum Gasteiger partial charge on any atom is -0.369 e. The summed E-state index contributed by atoms with van der Waals surface area (Å²) < 4.78 is 0. The van der Waals surface area contributed by atoms with Crippen LogP contribution in [0.3, 0.4) is 0 Å². The highest BCUT2D eigenvalue weighted by Gasteiger charge is 2.28. The Morgan fingerprint density at radius 1 is 1.11 bits per heavy atom. The number of amides is 2. The van der Waals surface area contributed by atoms with Crippen molar-refractivity contribution in [3.05, 3.63) is 59.4 Å². The maximum atomic E-state index is 12.8. The molecule has 1 fully saturated rings. The molecule has 0 aliphatic carbocycles. The zero-order chi connectivity index (χ0) is 19.5. The number of fused-ring (bicyclic) bond motifs is 1. The molecule has 2 aliphatic rings. The lowest BCUT2D eigenvalue weighted by Crippen LogP contribution is -2.37. The molecule has 0 atom stereocenters. The summed E-state index contributed by atoms with van der Waals surface area (Å²) in [7, 11) is 0. The molecule has 1 aromatic carbocycles. The van der Waals surface area contributed by atoms with Crippen molar-refractivity contribution in [3.8, 4) is 0 Å². The van der Waals surface area contributed by atoms with E-state index < -0.39 is 0 Å². The van der Waals surface area contributed by atoms with Crippen LogP contribution in [-0.4, -0.2) is 59.3 Å². The molecule has 0 N–H and O–H groups in total. The van der Waals surface area contributed by atoms with Crippen molar-refractivity contribution >= 4 is 17.5 Å². The highest BCUT2D eigenvalue weighted by Crippen LogP contribution is 2.23. The Labute approximate surface area is 165 Å². The number of anilines is 1. The minimum atomic E-state index is 0.0404. The van der Waals surface area contributed by atoms with Crippen LogP contribution in [0, 0.1) is 6.92 Å². The third-order valence-electron chi connectivity index (χ3n) is 5.67. The highest BCUT2D eigenvalue weighted by atomic mass is 16.2. The summed E-state index contributed by atoms with van der Waals surface area (Å²) >= 11 is 0. The van der Waals surface area contributed by atoms with Crippen LogP contribution in [0.15, 0.2) is 42.7 Å². The van der Waals surface area contributed by atoms with Crippen molar-refractivity contribution in [2.24, 2.45) is 0 Å². The van der Waals surface area contributed by atoms with E-state index in [4.69, 9.17) is 0 Å². The first-order valence-corrected chi connectivity index (χ1v) is 9.94. The Hall–Kier alpha value is -2.89. The zero-order valence-corrected chi connectivity index (χ0v) is 16.3. The van der Waals surface area contributed by atoms with Gasteiger partial charge in [-0.2, -0.15) is 0 Å². The maximum absolute atomic E-state index is 12.8. The summed E-state index contributed by atoms with van der Waals surface area (Å²) in [6.07, 6.45) is 5.03. The Morgan fingerprint density at radius 2 is 1.96 bits per heavy atom. The van der Waals surface area contributed by atoms with Crippen molar-refractivity contribution in [2.75, 3.05) is 37.6 Å². The number of rotatable bonds is 4. The Kier molecular flexibility index (Phi) is 5.28. The molecule has 146 valence electrons. The first kappa shape index (κ1) is 18.5. The van der Waals surface area contributed by atoms with Gasteiger partial charge in [-0.3, -0.25) is 14.6 Å². The first-order valence-electron chi connectivity index (χ1n) is 9.94. The standard InChI is InChI=1S/C22H26N4O2/c1-17-15-23-9-7-20(17)24-10-4-11-25(14-13-24)21(27)8-12-26-16-18-5-2-3-6-19(18)22(26)28/h2-3,5-7,9,15H,4,8,10-14,16H2,1H3. The van der Waals surface area contributed by atoms with E-state index in [0.29, 0.717) is 19.5 Å². The maximum Gasteiger partial charge on any atom is 0.254 e. The van der Waals surface area contributed by atoms with Gasteiger partial charge in [0.25, 0.3) is 5.91 Å². The molecule has 0 spiro atoms. The molecule has 2 amide bonds. The topological polar surface area (TPSA) is 56.8 Å². The quantitative estimate of drug-likeness (QED) is 0.820. The molecule has 2 aliphatic heterocycles. The zero-order valence-electron chi connectivity index (χ0n) is 16.3. The van der Waals surface area contributed by atoms with Crippen molar-refractivity contribution in [1.82, 2.24) is 14.8 Å². The molecule has 6 nitrogen and oxygen atoms in total. The lowest BCUT2D eigenvalue weighted by Gasteiger charge is -2.25. The number of benzene rings is 1. The molecule has 0 bridgehead atoms. The molecule has 0 unspecified atom stereocenters. The lowest BCUT2D eigenvalue weighted by molar-refractivity contribution is -0.131. The van der Waals surface area contributed by atoms with Gasteiger partial charge < -0.3 is 14.7 Å². The summed E-state index contributed by atoms with van der Waals surface area (Å²) in [6.45, 7) is 6.41. The van der Waals surface area contributed by atoms with E-state index in [1.807, 2.05) is 47.6 Å². The molecule has 0 radical (unpaired) electrons. The minimum absolute atomic E-state index is 0.0404. The Bertz CT molecular complexity index is 882. The number of nitrogens with zero attached hydrogens (tertiary/aromatic N) is 4. The van der Waals surface area contributed by atoms with E-state index in [1.54, 1.807) is 4.90 Å². The first-order chi connectivity index (χ1) is 13.6. The largest absolute Gasteiger partial charge is 0.369 e. The monoisotopic (exact) mass is 378 g/mol. The van der Waals surface area contributed by atoms with Crippen molar-refractivity contribution in [3.63, 3.8) is 0 Å². The van der Waals surface area contributed by atoms with Crippen LogP contribution in [0.4, 0.5) is 5.69 Å². The SMILES string of the molecule is Cc1cnccc1N1CCCN(C(=O)CCN2Cc3ccccc3C2=O)CC1. The molecule has 3 heterocycles. The van der Waals surface area contributed by atoms with Crippen LogP contribution in [0.2, 0.25) is 0 Å². The van der Waals surface area contributed by atoms with Crippen LogP contribution in [0.5, 0.6) is 0 Å². The Morgan fingerprint density at radius 3 is 2.79 bits per heavy atom. The second-order valence-electron chi connectivity index (χ2n) is 7.52. The number of aromatic nitrogens is 1. The molecule has 1 aromatic heterocycles. The van der Waals surface area contributed by atoms with E-state index in [9.17, 15) is 9.59 Å². The van der Waals surface area contributed by atoms with Crippen molar-refractivity contribution < 1.29 is 9.59 Å². The molecule has 28 heavy (non-hydrogen) atoms. The summed E-state index contributed by atoms with van der Waals surface area (Å²) in [5.41, 5.74) is 4.19. The van der Waals surface area contributed by atoms with Crippen LogP contribution in [-0.2, 0) is 11.3 Å².